The highest BCUT2D eigenvalue weighted by molar-refractivity contribution is 6.00. The Kier molecular flexibility index (Phi) is 3.19. The summed E-state index contributed by atoms with van der Waals surface area (Å²) in [5, 5.41) is 0. The molecule has 0 amide bonds. The molecular formula is C15H18O4. The summed E-state index contributed by atoms with van der Waals surface area (Å²) in [5.41, 5.74) is 0.268. The minimum atomic E-state index is -0.366. The zero-order valence-corrected chi connectivity index (χ0v) is 11.1. The number of carbonyl (C=O) groups is 1. The van der Waals surface area contributed by atoms with E-state index < -0.39 is 0 Å². The molecule has 2 aliphatic rings. The molecule has 2 aliphatic heterocycles. The Morgan fingerprint density at radius 2 is 2.16 bits per heavy atom. The van der Waals surface area contributed by atoms with Crippen molar-refractivity contribution in [1.29, 1.82) is 0 Å². The predicted molar refractivity (Wildman–Crippen MR) is 70.0 cm³/mol. The van der Waals surface area contributed by atoms with Crippen molar-refractivity contribution >= 4 is 5.78 Å². The summed E-state index contributed by atoms with van der Waals surface area (Å²) >= 11 is 0. The summed E-state index contributed by atoms with van der Waals surface area (Å²) < 4.78 is 16.8. The van der Waals surface area contributed by atoms with Crippen molar-refractivity contribution < 1.29 is 19.0 Å². The molecule has 1 unspecified atom stereocenters. The minimum absolute atomic E-state index is 0.141. The zero-order chi connectivity index (χ0) is 13.3. The first kappa shape index (κ1) is 12.5. The van der Waals surface area contributed by atoms with Gasteiger partial charge in [0.15, 0.2) is 5.78 Å². The molecular weight excluding hydrogens is 244 g/mol. The van der Waals surface area contributed by atoms with Crippen LogP contribution < -0.4 is 9.47 Å². The van der Waals surface area contributed by atoms with Crippen LogP contribution in [0.2, 0.25) is 0 Å². The first-order valence-corrected chi connectivity index (χ1v) is 6.70. The normalized spacial score (nSPS) is 26.5. The summed E-state index contributed by atoms with van der Waals surface area (Å²) in [4.78, 5) is 12.4. The van der Waals surface area contributed by atoms with Crippen molar-refractivity contribution in [1.82, 2.24) is 0 Å². The van der Waals surface area contributed by atoms with E-state index in [4.69, 9.17) is 14.2 Å². The lowest BCUT2D eigenvalue weighted by molar-refractivity contribution is 0.0247. The molecule has 0 aromatic heterocycles. The standard InChI is InChI=1S/C15H18O4/c1-17-11-3-4-14-12(9-11)13(16)10-15(19-14)5-2-7-18-8-6-15/h3-4,9H,2,5-8,10H2,1H3. The van der Waals surface area contributed by atoms with Crippen LogP contribution in [0.3, 0.4) is 0 Å². The molecule has 1 atom stereocenters. The number of fused-ring (bicyclic) bond motifs is 1. The Morgan fingerprint density at radius 1 is 1.26 bits per heavy atom. The Morgan fingerprint density at radius 3 is 3.00 bits per heavy atom. The molecule has 2 heterocycles. The van der Waals surface area contributed by atoms with Gasteiger partial charge < -0.3 is 14.2 Å². The third-order valence-corrected chi connectivity index (χ3v) is 3.92. The second kappa shape index (κ2) is 4.85. The zero-order valence-electron chi connectivity index (χ0n) is 11.1. The van der Waals surface area contributed by atoms with Gasteiger partial charge in [-0.2, -0.15) is 0 Å². The lowest BCUT2D eigenvalue weighted by atomic mass is 9.84. The van der Waals surface area contributed by atoms with E-state index in [1.807, 2.05) is 12.1 Å². The highest BCUT2D eigenvalue weighted by atomic mass is 16.5. The molecule has 1 fully saturated rings. The van der Waals surface area contributed by atoms with Crippen LogP contribution >= 0.6 is 0 Å². The van der Waals surface area contributed by atoms with Crippen LogP contribution in [0.25, 0.3) is 0 Å². The van der Waals surface area contributed by atoms with E-state index in [1.54, 1.807) is 13.2 Å². The summed E-state index contributed by atoms with van der Waals surface area (Å²) in [6.07, 6.45) is 3.05. The summed E-state index contributed by atoms with van der Waals surface area (Å²) in [5.74, 6) is 1.51. The quantitative estimate of drug-likeness (QED) is 0.780. The summed E-state index contributed by atoms with van der Waals surface area (Å²) in [6.45, 7) is 1.42. The smallest absolute Gasteiger partial charge is 0.170 e. The van der Waals surface area contributed by atoms with Crippen LogP contribution in [0, 0.1) is 0 Å². The number of carbonyl (C=O) groups excluding carboxylic acids is 1. The average molecular weight is 262 g/mol. The monoisotopic (exact) mass is 262 g/mol. The van der Waals surface area contributed by atoms with Gasteiger partial charge >= 0.3 is 0 Å². The van der Waals surface area contributed by atoms with E-state index >= 15 is 0 Å². The first-order chi connectivity index (χ1) is 9.22. The van der Waals surface area contributed by atoms with E-state index in [2.05, 4.69) is 0 Å². The number of Topliss-reactive ketones (excluding diaryl/α,β-unsaturated/α-hetero) is 1. The Bertz CT molecular complexity index is 487. The fourth-order valence-electron chi connectivity index (χ4n) is 2.86. The maximum absolute atomic E-state index is 12.4. The van der Waals surface area contributed by atoms with Gasteiger partial charge in [0.1, 0.15) is 17.1 Å². The van der Waals surface area contributed by atoms with Gasteiger partial charge in [0, 0.05) is 13.0 Å². The van der Waals surface area contributed by atoms with Gasteiger partial charge in [-0.15, -0.1) is 0 Å². The molecule has 102 valence electrons. The van der Waals surface area contributed by atoms with Gasteiger partial charge in [0.05, 0.1) is 25.7 Å². The number of hydrogen-bond donors (Lipinski definition) is 0. The number of methoxy groups -OCH3 is 1. The molecule has 4 heteroatoms. The van der Waals surface area contributed by atoms with Gasteiger partial charge in [0.2, 0.25) is 0 Å². The highest BCUT2D eigenvalue weighted by Gasteiger charge is 2.40. The molecule has 19 heavy (non-hydrogen) atoms. The largest absolute Gasteiger partial charge is 0.497 e. The Labute approximate surface area is 112 Å². The number of benzene rings is 1. The van der Waals surface area contributed by atoms with Crippen LogP contribution in [-0.2, 0) is 4.74 Å². The van der Waals surface area contributed by atoms with Crippen LogP contribution in [0.5, 0.6) is 11.5 Å². The maximum Gasteiger partial charge on any atom is 0.170 e. The fraction of sp³-hybridized carbons (Fsp3) is 0.533. The van der Waals surface area contributed by atoms with E-state index in [1.165, 1.54) is 0 Å². The molecule has 0 aliphatic carbocycles. The van der Waals surface area contributed by atoms with Crippen LogP contribution in [-0.4, -0.2) is 31.7 Å². The SMILES string of the molecule is COc1ccc2c(c1)C(=O)CC1(CCCOCC1)O2. The molecule has 4 nitrogen and oxygen atoms in total. The van der Waals surface area contributed by atoms with E-state index in [0.29, 0.717) is 30.1 Å². The van der Waals surface area contributed by atoms with E-state index in [-0.39, 0.29) is 11.4 Å². The molecule has 1 spiro atoms. The van der Waals surface area contributed by atoms with Crippen LogP contribution in [0.15, 0.2) is 18.2 Å². The summed E-state index contributed by atoms with van der Waals surface area (Å²) in [6, 6.07) is 5.43. The van der Waals surface area contributed by atoms with E-state index in [0.717, 1.165) is 25.9 Å². The van der Waals surface area contributed by atoms with Crippen LogP contribution in [0.1, 0.15) is 36.0 Å². The van der Waals surface area contributed by atoms with Gasteiger partial charge in [-0.05, 0) is 31.0 Å². The topological polar surface area (TPSA) is 44.8 Å². The number of ether oxygens (including phenoxy) is 3. The Hall–Kier alpha value is -1.55. The molecule has 1 saturated heterocycles. The second-order valence-electron chi connectivity index (χ2n) is 5.21. The Balaban J connectivity index is 1.93. The van der Waals surface area contributed by atoms with Crippen molar-refractivity contribution in [2.75, 3.05) is 20.3 Å². The molecule has 1 aromatic carbocycles. The minimum Gasteiger partial charge on any atom is -0.497 e. The molecule has 0 N–H and O–H groups in total. The van der Waals surface area contributed by atoms with Gasteiger partial charge in [-0.1, -0.05) is 0 Å². The van der Waals surface area contributed by atoms with Gasteiger partial charge in [-0.3, -0.25) is 4.79 Å². The van der Waals surface area contributed by atoms with Crippen LogP contribution in [0.4, 0.5) is 0 Å². The molecule has 1 aromatic rings. The first-order valence-electron chi connectivity index (χ1n) is 6.70. The molecule has 3 rings (SSSR count). The average Bonchev–Trinajstić information content (AvgIpc) is 2.64. The number of hydrogen-bond acceptors (Lipinski definition) is 4. The van der Waals surface area contributed by atoms with Crippen molar-refractivity contribution in [2.45, 2.75) is 31.3 Å². The third kappa shape index (κ3) is 2.32. The van der Waals surface area contributed by atoms with Crippen molar-refractivity contribution in [3.05, 3.63) is 23.8 Å². The molecule has 0 saturated carbocycles. The lowest BCUT2D eigenvalue weighted by Crippen LogP contribution is -2.42. The highest BCUT2D eigenvalue weighted by Crippen LogP contribution is 2.40. The molecule has 0 radical (unpaired) electrons. The number of rotatable bonds is 1. The van der Waals surface area contributed by atoms with Gasteiger partial charge in [0.25, 0.3) is 0 Å². The van der Waals surface area contributed by atoms with Crippen molar-refractivity contribution in [3.63, 3.8) is 0 Å². The summed E-state index contributed by atoms with van der Waals surface area (Å²) in [7, 11) is 1.60. The number of ketones is 1. The van der Waals surface area contributed by atoms with Crippen molar-refractivity contribution in [2.24, 2.45) is 0 Å². The second-order valence-corrected chi connectivity index (χ2v) is 5.21. The lowest BCUT2D eigenvalue weighted by Gasteiger charge is -2.37. The molecule has 0 bridgehead atoms. The van der Waals surface area contributed by atoms with Crippen molar-refractivity contribution in [3.8, 4) is 11.5 Å². The van der Waals surface area contributed by atoms with Gasteiger partial charge in [-0.25, -0.2) is 0 Å². The fourth-order valence-corrected chi connectivity index (χ4v) is 2.86. The maximum atomic E-state index is 12.4. The van der Waals surface area contributed by atoms with E-state index in [9.17, 15) is 4.79 Å². The third-order valence-electron chi connectivity index (χ3n) is 3.92. The predicted octanol–water partition coefficient (Wildman–Crippen LogP) is 2.60.